The van der Waals surface area contributed by atoms with E-state index in [1.54, 1.807) is 24.5 Å². The average Bonchev–Trinajstić information content (AvgIpc) is 3.05. The topological polar surface area (TPSA) is 48.1 Å². The van der Waals surface area contributed by atoms with Gasteiger partial charge in [0.25, 0.3) is 0 Å². The number of morpholine rings is 1. The molecule has 2 aromatic heterocycles. The van der Waals surface area contributed by atoms with Crippen molar-refractivity contribution in [2.75, 3.05) is 19.7 Å². The quantitative estimate of drug-likeness (QED) is 0.571. The van der Waals surface area contributed by atoms with Crippen molar-refractivity contribution in [3.63, 3.8) is 0 Å². The lowest BCUT2D eigenvalue weighted by molar-refractivity contribution is -0.0419. The summed E-state index contributed by atoms with van der Waals surface area (Å²) in [6.45, 7) is 5.66. The summed E-state index contributed by atoms with van der Waals surface area (Å²) >= 11 is 5.73. The molecule has 0 aliphatic carbocycles. The second-order valence-electron chi connectivity index (χ2n) is 7.12. The molecular weight excluding hydrogens is 389 g/mol. The third-order valence-electron chi connectivity index (χ3n) is 5.03. The van der Waals surface area contributed by atoms with Crippen LogP contribution in [0.2, 0.25) is 0 Å². The van der Waals surface area contributed by atoms with Gasteiger partial charge in [0.2, 0.25) is 0 Å². The normalized spacial score (nSPS) is 17.5. The van der Waals surface area contributed by atoms with E-state index in [0.717, 1.165) is 36.5 Å². The number of pyridine rings is 1. The van der Waals surface area contributed by atoms with Crippen LogP contribution >= 0.6 is 12.2 Å². The maximum Gasteiger partial charge on any atom is 0.199 e. The zero-order chi connectivity index (χ0) is 20.2. The third-order valence-corrected chi connectivity index (χ3v) is 5.47. The van der Waals surface area contributed by atoms with Gasteiger partial charge in [-0.15, -0.1) is 0 Å². The van der Waals surface area contributed by atoms with Gasteiger partial charge in [-0.1, -0.05) is 19.1 Å². The van der Waals surface area contributed by atoms with Crippen LogP contribution in [-0.4, -0.2) is 43.9 Å². The number of ether oxygens (including phenoxy) is 1. The SMILES string of the molecule is CCCn1c(-c2ccncc2)nn(CN2CCO[C@H](c3ccc(F)cc3)C2)c1=S. The first kappa shape index (κ1) is 19.9. The summed E-state index contributed by atoms with van der Waals surface area (Å²) in [7, 11) is 0. The van der Waals surface area contributed by atoms with E-state index in [2.05, 4.69) is 21.4 Å². The molecular formula is C21H24FN5OS. The molecule has 0 spiro atoms. The van der Waals surface area contributed by atoms with Crippen LogP contribution in [0.4, 0.5) is 4.39 Å². The molecule has 29 heavy (non-hydrogen) atoms. The van der Waals surface area contributed by atoms with Gasteiger partial charge in [-0.2, -0.15) is 5.10 Å². The molecule has 3 aromatic rings. The van der Waals surface area contributed by atoms with Crippen molar-refractivity contribution in [2.45, 2.75) is 32.7 Å². The Morgan fingerprint density at radius 1 is 1.17 bits per heavy atom. The molecule has 0 unspecified atom stereocenters. The summed E-state index contributed by atoms with van der Waals surface area (Å²) in [6.07, 6.45) is 4.42. The lowest BCUT2D eigenvalue weighted by Crippen LogP contribution is -2.39. The second-order valence-corrected chi connectivity index (χ2v) is 7.49. The first-order valence-corrected chi connectivity index (χ1v) is 10.2. The maximum absolute atomic E-state index is 13.2. The van der Waals surface area contributed by atoms with Gasteiger partial charge >= 0.3 is 0 Å². The van der Waals surface area contributed by atoms with Crippen LogP contribution in [-0.2, 0) is 18.0 Å². The fraction of sp³-hybridized carbons (Fsp3) is 0.381. The summed E-state index contributed by atoms with van der Waals surface area (Å²) in [5.41, 5.74) is 1.98. The van der Waals surface area contributed by atoms with E-state index in [-0.39, 0.29) is 11.9 Å². The molecule has 1 aliphatic heterocycles. The molecule has 1 aromatic carbocycles. The maximum atomic E-state index is 13.2. The Morgan fingerprint density at radius 3 is 2.66 bits per heavy atom. The van der Waals surface area contributed by atoms with Gasteiger partial charge in [0, 0.05) is 37.6 Å². The number of nitrogens with zero attached hydrogens (tertiary/aromatic N) is 5. The monoisotopic (exact) mass is 413 g/mol. The standard InChI is InChI=1S/C21H24FN5OS/c1-2-11-26-20(17-7-9-23-10-8-17)24-27(21(26)29)15-25-12-13-28-19(14-25)16-3-5-18(22)6-4-16/h3-10,19H,2,11-15H2,1H3/t19-/m0/s1. The van der Waals surface area contributed by atoms with Crippen LogP contribution in [0.3, 0.4) is 0 Å². The molecule has 0 N–H and O–H groups in total. The largest absolute Gasteiger partial charge is 0.371 e. The van der Waals surface area contributed by atoms with E-state index < -0.39 is 0 Å². The molecule has 0 radical (unpaired) electrons. The van der Waals surface area contributed by atoms with E-state index in [9.17, 15) is 4.39 Å². The lowest BCUT2D eigenvalue weighted by Gasteiger charge is -2.32. The summed E-state index contributed by atoms with van der Waals surface area (Å²) in [5, 5.41) is 4.82. The predicted octanol–water partition coefficient (Wildman–Crippen LogP) is 4.06. The van der Waals surface area contributed by atoms with Crippen molar-refractivity contribution < 1.29 is 9.13 Å². The Hall–Kier alpha value is -2.42. The molecule has 0 saturated carbocycles. The third kappa shape index (κ3) is 4.44. The molecule has 1 atom stereocenters. The summed E-state index contributed by atoms with van der Waals surface area (Å²) in [6, 6.07) is 10.4. The number of hydrogen-bond donors (Lipinski definition) is 0. The molecule has 0 bridgehead atoms. The van der Waals surface area contributed by atoms with E-state index in [0.29, 0.717) is 24.6 Å². The van der Waals surface area contributed by atoms with Crippen molar-refractivity contribution >= 4 is 12.2 Å². The highest BCUT2D eigenvalue weighted by molar-refractivity contribution is 7.71. The van der Waals surface area contributed by atoms with Gasteiger partial charge in [-0.25, -0.2) is 9.07 Å². The lowest BCUT2D eigenvalue weighted by atomic mass is 10.1. The van der Waals surface area contributed by atoms with E-state index in [1.807, 2.05) is 16.8 Å². The fourth-order valence-corrected chi connectivity index (χ4v) is 3.85. The van der Waals surface area contributed by atoms with Gasteiger partial charge in [0.15, 0.2) is 10.6 Å². The molecule has 1 saturated heterocycles. The summed E-state index contributed by atoms with van der Waals surface area (Å²) < 4.78 is 23.8. The predicted molar refractivity (Wildman–Crippen MR) is 111 cm³/mol. The number of halogens is 1. The van der Waals surface area contributed by atoms with Crippen LogP contribution in [0.1, 0.15) is 25.0 Å². The van der Waals surface area contributed by atoms with Crippen LogP contribution < -0.4 is 0 Å². The average molecular weight is 414 g/mol. The number of hydrogen-bond acceptors (Lipinski definition) is 5. The van der Waals surface area contributed by atoms with Gasteiger partial charge in [-0.05, 0) is 48.5 Å². The summed E-state index contributed by atoms with van der Waals surface area (Å²) in [4.78, 5) is 6.37. The Morgan fingerprint density at radius 2 is 1.93 bits per heavy atom. The molecule has 152 valence electrons. The van der Waals surface area contributed by atoms with Gasteiger partial charge in [0.05, 0.1) is 19.4 Å². The highest BCUT2D eigenvalue weighted by atomic mass is 32.1. The van der Waals surface area contributed by atoms with E-state index in [4.69, 9.17) is 22.1 Å². The van der Waals surface area contributed by atoms with E-state index in [1.165, 1.54) is 12.1 Å². The first-order chi connectivity index (χ1) is 14.2. The minimum atomic E-state index is -0.238. The minimum absolute atomic E-state index is 0.0871. The Balaban J connectivity index is 1.56. The Labute approximate surface area is 174 Å². The minimum Gasteiger partial charge on any atom is -0.371 e. The van der Waals surface area contributed by atoms with Crippen LogP contribution in [0.25, 0.3) is 11.4 Å². The van der Waals surface area contributed by atoms with Gasteiger partial charge in [-0.3, -0.25) is 14.5 Å². The number of aromatic nitrogens is 4. The zero-order valence-corrected chi connectivity index (χ0v) is 17.2. The molecule has 3 heterocycles. The van der Waals surface area contributed by atoms with E-state index >= 15 is 0 Å². The fourth-order valence-electron chi connectivity index (χ4n) is 3.57. The van der Waals surface area contributed by atoms with Crippen molar-refractivity contribution in [3.05, 3.63) is 64.9 Å². The molecule has 6 nitrogen and oxygen atoms in total. The summed E-state index contributed by atoms with van der Waals surface area (Å²) in [5.74, 6) is 0.625. The van der Waals surface area contributed by atoms with Crippen molar-refractivity contribution in [3.8, 4) is 11.4 Å². The highest BCUT2D eigenvalue weighted by Gasteiger charge is 2.23. The van der Waals surface area contributed by atoms with Crippen LogP contribution in [0, 0.1) is 10.6 Å². The van der Waals surface area contributed by atoms with Crippen LogP contribution in [0.5, 0.6) is 0 Å². The van der Waals surface area contributed by atoms with Crippen molar-refractivity contribution in [2.24, 2.45) is 0 Å². The smallest absolute Gasteiger partial charge is 0.199 e. The molecule has 4 rings (SSSR count). The highest BCUT2D eigenvalue weighted by Crippen LogP contribution is 2.24. The second kappa shape index (κ2) is 8.94. The van der Waals surface area contributed by atoms with Gasteiger partial charge < -0.3 is 4.74 Å². The zero-order valence-electron chi connectivity index (χ0n) is 16.4. The van der Waals surface area contributed by atoms with Gasteiger partial charge in [0.1, 0.15) is 5.82 Å². The first-order valence-electron chi connectivity index (χ1n) is 9.83. The molecule has 1 fully saturated rings. The van der Waals surface area contributed by atoms with Crippen molar-refractivity contribution in [1.82, 2.24) is 24.2 Å². The molecule has 1 aliphatic rings. The number of benzene rings is 1. The van der Waals surface area contributed by atoms with Crippen molar-refractivity contribution in [1.29, 1.82) is 0 Å². The Bertz CT molecular complexity index is 1000. The molecule has 0 amide bonds. The molecule has 8 heteroatoms. The Kier molecular flexibility index (Phi) is 6.13. The van der Waals surface area contributed by atoms with Crippen LogP contribution in [0.15, 0.2) is 48.8 Å². The number of rotatable bonds is 6.